The van der Waals surface area contributed by atoms with Gasteiger partial charge in [-0.1, -0.05) is 206 Å². The first-order valence-electron chi connectivity index (χ1n) is 25.7. The summed E-state index contributed by atoms with van der Waals surface area (Å²) in [6.45, 7) is 0. The summed E-state index contributed by atoms with van der Waals surface area (Å²) in [5.41, 5.74) is 13.2. The van der Waals surface area contributed by atoms with Gasteiger partial charge < -0.3 is 13.7 Å². The number of hydrogen-bond acceptors (Lipinski definition) is 4. The molecule has 76 heavy (non-hydrogen) atoms. The summed E-state index contributed by atoms with van der Waals surface area (Å²) in [5, 5.41) is 9.03. The monoisotopic (exact) mass is 970 g/mol. The van der Waals surface area contributed by atoms with Crippen LogP contribution in [0.5, 0.6) is 0 Å². The molecule has 0 unspecified atom stereocenters. The van der Waals surface area contributed by atoms with Crippen molar-refractivity contribution in [2.75, 3.05) is 0 Å². The molecule has 354 valence electrons. The SMILES string of the molecule is c1ccc(-c2nc(-c3ccccc3)nc(-c3nc(-n4c5ccccc5c5ccccc54)c(-n4c5ccccc5c5ccccc54)c(-n4c5ccccc5c5ccccc54)c3-n3c4ccccc4c4ccccc43)n2)cc1. The lowest BCUT2D eigenvalue weighted by Gasteiger charge is -2.27. The number of fused-ring (bicyclic) bond motifs is 12. The van der Waals surface area contributed by atoms with Crippen LogP contribution in [0, 0.1) is 0 Å². The lowest BCUT2D eigenvalue weighted by molar-refractivity contribution is 0.962. The Bertz CT molecular complexity index is 4730. The van der Waals surface area contributed by atoms with Gasteiger partial charge in [0, 0.05) is 54.2 Å². The maximum absolute atomic E-state index is 6.28. The quantitative estimate of drug-likeness (QED) is 0.160. The highest BCUT2D eigenvalue weighted by molar-refractivity contribution is 6.16. The first-order valence-corrected chi connectivity index (χ1v) is 25.7. The van der Waals surface area contributed by atoms with E-state index in [9.17, 15) is 0 Å². The fourth-order valence-corrected chi connectivity index (χ4v) is 12.0. The average Bonchev–Trinajstić information content (AvgIpc) is 4.30. The summed E-state index contributed by atoms with van der Waals surface area (Å²) in [5.74, 6) is 2.23. The van der Waals surface area contributed by atoms with Crippen molar-refractivity contribution >= 4 is 87.2 Å². The smallest absolute Gasteiger partial charge is 0.184 e. The van der Waals surface area contributed by atoms with Gasteiger partial charge in [-0.05, 0) is 48.5 Å². The van der Waals surface area contributed by atoms with Crippen LogP contribution in [0.15, 0.2) is 255 Å². The van der Waals surface area contributed by atoms with Gasteiger partial charge in [-0.2, -0.15) is 0 Å². The second-order valence-corrected chi connectivity index (χ2v) is 19.3. The molecule has 16 rings (SSSR count). The normalized spacial score (nSPS) is 11.9. The van der Waals surface area contributed by atoms with Gasteiger partial charge >= 0.3 is 0 Å². The van der Waals surface area contributed by atoms with Gasteiger partial charge in [-0.25, -0.2) is 19.9 Å². The van der Waals surface area contributed by atoms with Crippen molar-refractivity contribution in [1.82, 2.24) is 38.2 Å². The molecule has 10 aromatic carbocycles. The summed E-state index contributed by atoms with van der Waals surface area (Å²) >= 11 is 0. The molecule has 0 spiro atoms. The zero-order valence-electron chi connectivity index (χ0n) is 40.8. The zero-order valence-corrected chi connectivity index (χ0v) is 40.8. The lowest BCUT2D eigenvalue weighted by atomic mass is 10.1. The van der Waals surface area contributed by atoms with Gasteiger partial charge in [0.15, 0.2) is 23.3 Å². The largest absolute Gasteiger partial charge is 0.305 e. The molecule has 8 heteroatoms. The molecule has 6 heterocycles. The van der Waals surface area contributed by atoms with E-state index in [0.29, 0.717) is 29.0 Å². The maximum atomic E-state index is 6.28. The Morgan fingerprint density at radius 1 is 0.197 bits per heavy atom. The van der Waals surface area contributed by atoms with Crippen molar-refractivity contribution in [2.24, 2.45) is 0 Å². The number of pyridine rings is 1. The lowest BCUT2D eigenvalue weighted by Crippen LogP contribution is -2.17. The highest BCUT2D eigenvalue weighted by atomic mass is 15.2. The van der Waals surface area contributed by atoms with E-state index in [4.69, 9.17) is 19.9 Å². The molecule has 0 amide bonds. The molecule has 0 fully saturated rings. The molecule has 0 N–H and O–H groups in total. The predicted molar refractivity (Wildman–Crippen MR) is 311 cm³/mol. The Hall–Kier alpha value is -10.4. The van der Waals surface area contributed by atoms with Gasteiger partial charge in [-0.3, -0.25) is 4.57 Å². The molecule has 0 atom stereocenters. The van der Waals surface area contributed by atoms with Crippen LogP contribution in [0.3, 0.4) is 0 Å². The minimum atomic E-state index is 0.433. The third kappa shape index (κ3) is 6.12. The van der Waals surface area contributed by atoms with E-state index in [2.05, 4.69) is 237 Å². The van der Waals surface area contributed by atoms with E-state index in [1.54, 1.807) is 0 Å². The van der Waals surface area contributed by atoms with E-state index in [1.807, 2.05) is 36.4 Å². The Morgan fingerprint density at radius 2 is 0.447 bits per heavy atom. The molecule has 8 nitrogen and oxygen atoms in total. The van der Waals surface area contributed by atoms with Gasteiger partial charge in [-0.15, -0.1) is 0 Å². The van der Waals surface area contributed by atoms with Crippen molar-refractivity contribution in [3.05, 3.63) is 255 Å². The van der Waals surface area contributed by atoms with Crippen LogP contribution < -0.4 is 0 Å². The van der Waals surface area contributed by atoms with Gasteiger partial charge in [0.05, 0.1) is 44.1 Å². The standard InChI is InChI=1S/C68H42N8/c1-3-23-43(24-4-1)65-70-66(44-25-5-2-6-26-44)72-67(71-65)61-62(73-53-35-15-7-27-45(53)46-28-8-16-36-54(46)73)63(74-55-37-17-9-29-47(55)48-30-10-18-38-56(48)74)64(75-57-39-19-11-31-49(57)50-32-12-20-40-58(50)75)68(69-61)76-59-41-21-13-33-51(59)52-34-14-22-42-60(52)76/h1-42H. The molecule has 0 aliphatic rings. The van der Waals surface area contributed by atoms with Gasteiger partial charge in [0.2, 0.25) is 0 Å². The second kappa shape index (κ2) is 16.5. The van der Waals surface area contributed by atoms with Crippen LogP contribution in [-0.4, -0.2) is 38.2 Å². The van der Waals surface area contributed by atoms with Crippen LogP contribution in [0.1, 0.15) is 0 Å². The number of nitrogens with zero attached hydrogens (tertiary/aromatic N) is 8. The third-order valence-electron chi connectivity index (χ3n) is 15.2. The Kier molecular flexibility index (Phi) is 9.17. The molecule has 6 aromatic heterocycles. The van der Waals surface area contributed by atoms with Crippen molar-refractivity contribution in [2.45, 2.75) is 0 Å². The minimum absolute atomic E-state index is 0.433. The highest BCUT2D eigenvalue weighted by Crippen LogP contribution is 2.48. The van der Waals surface area contributed by atoms with Crippen LogP contribution in [-0.2, 0) is 0 Å². The molecular formula is C68H42N8. The Labute approximate surface area is 435 Å². The molecular weight excluding hydrogens is 929 g/mol. The summed E-state index contributed by atoms with van der Waals surface area (Å²) in [6, 6.07) is 90.4. The van der Waals surface area contributed by atoms with Gasteiger partial charge in [0.1, 0.15) is 22.8 Å². The number of aromatic nitrogens is 8. The molecule has 0 saturated carbocycles. The number of para-hydroxylation sites is 8. The van der Waals surface area contributed by atoms with Crippen molar-refractivity contribution < 1.29 is 0 Å². The summed E-state index contributed by atoms with van der Waals surface area (Å²) in [7, 11) is 0. The molecule has 0 aliphatic heterocycles. The summed E-state index contributed by atoms with van der Waals surface area (Å²) < 4.78 is 9.75. The molecule has 16 aromatic rings. The van der Waals surface area contributed by atoms with E-state index in [-0.39, 0.29) is 0 Å². The average molecular weight is 971 g/mol. The highest BCUT2D eigenvalue weighted by Gasteiger charge is 2.34. The molecule has 0 saturated heterocycles. The predicted octanol–water partition coefficient (Wildman–Crippen LogP) is 16.7. The van der Waals surface area contributed by atoms with Crippen LogP contribution in [0.4, 0.5) is 0 Å². The van der Waals surface area contributed by atoms with Crippen LogP contribution in [0.25, 0.3) is 144 Å². The minimum Gasteiger partial charge on any atom is -0.305 e. The number of rotatable bonds is 7. The topological polar surface area (TPSA) is 71.3 Å². The fourth-order valence-electron chi connectivity index (χ4n) is 12.0. The number of hydrogen-bond donors (Lipinski definition) is 0. The van der Waals surface area contributed by atoms with Gasteiger partial charge in [0.25, 0.3) is 0 Å². The Morgan fingerprint density at radius 3 is 0.776 bits per heavy atom. The third-order valence-corrected chi connectivity index (χ3v) is 15.2. The molecule has 0 bridgehead atoms. The van der Waals surface area contributed by atoms with Crippen LogP contribution >= 0.6 is 0 Å². The fraction of sp³-hybridized carbons (Fsp3) is 0. The summed E-state index contributed by atoms with van der Waals surface area (Å²) in [6.07, 6.45) is 0. The summed E-state index contributed by atoms with van der Waals surface area (Å²) in [4.78, 5) is 22.7. The molecule has 0 aliphatic carbocycles. The Balaban J connectivity index is 1.24. The van der Waals surface area contributed by atoms with E-state index in [1.165, 1.54) is 0 Å². The zero-order chi connectivity index (χ0) is 49.8. The van der Waals surface area contributed by atoms with Crippen LogP contribution in [0.2, 0.25) is 0 Å². The first kappa shape index (κ1) is 42.1. The van der Waals surface area contributed by atoms with E-state index >= 15 is 0 Å². The number of benzene rings is 10. The molecule has 0 radical (unpaired) electrons. The van der Waals surface area contributed by atoms with Crippen molar-refractivity contribution in [3.63, 3.8) is 0 Å². The maximum Gasteiger partial charge on any atom is 0.184 e. The first-order chi connectivity index (χ1) is 37.8. The second-order valence-electron chi connectivity index (χ2n) is 19.3. The van der Waals surface area contributed by atoms with Crippen molar-refractivity contribution in [3.8, 4) is 57.2 Å². The van der Waals surface area contributed by atoms with Crippen molar-refractivity contribution in [1.29, 1.82) is 0 Å². The van der Waals surface area contributed by atoms with E-state index in [0.717, 1.165) is 115 Å². The van der Waals surface area contributed by atoms with E-state index < -0.39 is 0 Å².